The number of carbonyl (C=O) groups excluding carboxylic acids is 1. The molecule has 0 unspecified atom stereocenters. The molecule has 1 aromatic carbocycles. The molecule has 1 fully saturated rings. The van der Waals surface area contributed by atoms with E-state index in [4.69, 9.17) is 11.6 Å². The van der Waals surface area contributed by atoms with Gasteiger partial charge in [-0.1, -0.05) is 11.6 Å². The van der Waals surface area contributed by atoms with Crippen LogP contribution in [-0.2, 0) is 4.79 Å². The molecular weight excluding hydrogens is 342 g/mol. The monoisotopic (exact) mass is 361 g/mol. The van der Waals surface area contributed by atoms with Gasteiger partial charge in [-0.25, -0.2) is 4.98 Å². The molecule has 0 spiro atoms. The van der Waals surface area contributed by atoms with Gasteiger partial charge in [0.25, 0.3) is 0 Å². The molecule has 24 heavy (non-hydrogen) atoms. The number of piperidine rings is 1. The third-order valence-electron chi connectivity index (χ3n) is 3.90. The molecule has 2 heterocycles. The minimum absolute atomic E-state index is 0.0394. The Morgan fingerprint density at radius 1 is 1.12 bits per heavy atom. The molecule has 1 saturated heterocycles. The van der Waals surface area contributed by atoms with Crippen molar-refractivity contribution in [3.8, 4) is 0 Å². The minimum Gasteiger partial charge on any atom is -0.357 e. The molecule has 2 aromatic rings. The van der Waals surface area contributed by atoms with Gasteiger partial charge in [-0.3, -0.25) is 4.79 Å². The van der Waals surface area contributed by atoms with Gasteiger partial charge < -0.3 is 10.2 Å². The van der Waals surface area contributed by atoms with Crippen LogP contribution in [-0.4, -0.2) is 29.7 Å². The van der Waals surface area contributed by atoms with E-state index in [1.54, 1.807) is 6.20 Å². The summed E-state index contributed by atoms with van der Waals surface area (Å²) in [5.41, 5.74) is 0.734. The number of aromatic nitrogens is 1. The summed E-state index contributed by atoms with van der Waals surface area (Å²) in [5, 5.41) is 3.58. The molecule has 3 rings (SSSR count). The Hall–Kier alpha value is -1.72. The van der Waals surface area contributed by atoms with Crippen LogP contribution in [0.1, 0.15) is 19.3 Å². The highest BCUT2D eigenvalue weighted by molar-refractivity contribution is 8.00. The summed E-state index contributed by atoms with van der Waals surface area (Å²) in [4.78, 5) is 19.8. The molecule has 1 amide bonds. The van der Waals surface area contributed by atoms with Gasteiger partial charge in [-0.15, -0.1) is 11.8 Å². The molecule has 126 valence electrons. The number of nitrogens with zero attached hydrogens (tertiary/aromatic N) is 2. The van der Waals surface area contributed by atoms with Crippen molar-refractivity contribution in [2.75, 3.05) is 29.1 Å². The van der Waals surface area contributed by atoms with Gasteiger partial charge in [0.15, 0.2) is 0 Å². The SMILES string of the molecule is O=C(CSc1ccc(Cl)cc1)Nc1ccc(N2CCCCC2)nc1. The van der Waals surface area contributed by atoms with E-state index in [9.17, 15) is 4.79 Å². The molecule has 4 nitrogen and oxygen atoms in total. The number of anilines is 2. The van der Waals surface area contributed by atoms with Crippen LogP contribution in [0.2, 0.25) is 5.02 Å². The Kier molecular flexibility index (Phi) is 5.99. The van der Waals surface area contributed by atoms with Crippen LogP contribution in [0.15, 0.2) is 47.5 Å². The number of halogens is 1. The zero-order valence-electron chi connectivity index (χ0n) is 13.4. The van der Waals surface area contributed by atoms with Gasteiger partial charge in [0.1, 0.15) is 5.82 Å². The molecule has 0 saturated carbocycles. The summed E-state index contributed by atoms with van der Waals surface area (Å²) >= 11 is 7.33. The number of thioether (sulfide) groups is 1. The lowest BCUT2D eigenvalue weighted by Gasteiger charge is -2.27. The fraction of sp³-hybridized carbons (Fsp3) is 0.333. The van der Waals surface area contributed by atoms with Crippen molar-refractivity contribution < 1.29 is 4.79 Å². The number of hydrogen-bond acceptors (Lipinski definition) is 4. The molecule has 0 aliphatic carbocycles. The number of benzene rings is 1. The van der Waals surface area contributed by atoms with Crippen LogP contribution in [0, 0.1) is 0 Å². The molecule has 1 aliphatic heterocycles. The van der Waals surface area contributed by atoms with Crippen LogP contribution in [0.25, 0.3) is 0 Å². The Balaban J connectivity index is 1.49. The Labute approximate surface area is 151 Å². The Morgan fingerprint density at radius 2 is 1.88 bits per heavy atom. The van der Waals surface area contributed by atoms with Gasteiger partial charge in [0.2, 0.25) is 5.91 Å². The highest BCUT2D eigenvalue weighted by atomic mass is 35.5. The number of amides is 1. The fourth-order valence-corrected chi connectivity index (χ4v) is 3.47. The second-order valence-electron chi connectivity index (χ2n) is 5.74. The molecule has 6 heteroatoms. The maximum absolute atomic E-state index is 12.0. The van der Waals surface area contributed by atoms with Gasteiger partial charge in [-0.2, -0.15) is 0 Å². The molecule has 1 aromatic heterocycles. The average molecular weight is 362 g/mol. The minimum atomic E-state index is -0.0394. The van der Waals surface area contributed by atoms with E-state index in [-0.39, 0.29) is 5.91 Å². The largest absolute Gasteiger partial charge is 0.357 e. The average Bonchev–Trinajstić information content (AvgIpc) is 2.63. The van der Waals surface area contributed by atoms with Crippen LogP contribution in [0.5, 0.6) is 0 Å². The van der Waals surface area contributed by atoms with Gasteiger partial charge >= 0.3 is 0 Å². The molecule has 0 radical (unpaired) electrons. The van der Waals surface area contributed by atoms with Crippen molar-refractivity contribution in [3.05, 3.63) is 47.6 Å². The molecule has 1 aliphatic rings. The number of hydrogen-bond donors (Lipinski definition) is 1. The zero-order valence-corrected chi connectivity index (χ0v) is 14.9. The number of nitrogens with one attached hydrogen (secondary N) is 1. The van der Waals surface area contributed by atoms with Crippen molar-refractivity contribution in [1.82, 2.24) is 4.98 Å². The lowest BCUT2D eigenvalue weighted by Crippen LogP contribution is -2.30. The lowest BCUT2D eigenvalue weighted by molar-refractivity contribution is -0.113. The summed E-state index contributed by atoms with van der Waals surface area (Å²) in [6.07, 6.45) is 5.48. The highest BCUT2D eigenvalue weighted by Gasteiger charge is 2.12. The summed E-state index contributed by atoms with van der Waals surface area (Å²) in [6, 6.07) is 11.4. The van der Waals surface area contributed by atoms with Crippen molar-refractivity contribution >= 4 is 40.8 Å². The van der Waals surface area contributed by atoms with Crippen molar-refractivity contribution in [1.29, 1.82) is 0 Å². The zero-order chi connectivity index (χ0) is 16.8. The fourth-order valence-electron chi connectivity index (χ4n) is 2.65. The van der Waals surface area contributed by atoms with Gasteiger partial charge in [0, 0.05) is 23.0 Å². The Morgan fingerprint density at radius 3 is 2.54 bits per heavy atom. The van der Waals surface area contributed by atoms with E-state index in [1.165, 1.54) is 31.0 Å². The van der Waals surface area contributed by atoms with Crippen LogP contribution < -0.4 is 10.2 Å². The summed E-state index contributed by atoms with van der Waals surface area (Å²) < 4.78 is 0. The number of rotatable bonds is 5. The van der Waals surface area contributed by atoms with Crippen LogP contribution >= 0.6 is 23.4 Å². The summed E-state index contributed by atoms with van der Waals surface area (Å²) in [6.45, 7) is 2.13. The number of carbonyl (C=O) groups is 1. The molecular formula is C18H20ClN3OS. The molecule has 0 bridgehead atoms. The molecule has 1 N–H and O–H groups in total. The first-order chi connectivity index (χ1) is 11.7. The van der Waals surface area contributed by atoms with E-state index in [0.717, 1.165) is 29.5 Å². The van der Waals surface area contributed by atoms with Crippen molar-refractivity contribution in [2.24, 2.45) is 0 Å². The first kappa shape index (κ1) is 17.1. The topological polar surface area (TPSA) is 45.2 Å². The standard InChI is InChI=1S/C18H20ClN3OS/c19-14-4-7-16(8-5-14)24-13-18(23)21-15-6-9-17(20-12-15)22-10-2-1-3-11-22/h4-9,12H,1-3,10-11,13H2,(H,21,23). The third kappa shape index (κ3) is 4.89. The van der Waals surface area contributed by atoms with E-state index < -0.39 is 0 Å². The van der Waals surface area contributed by atoms with Gasteiger partial charge in [-0.05, 0) is 55.7 Å². The second-order valence-corrected chi connectivity index (χ2v) is 7.23. The second kappa shape index (κ2) is 8.40. The van der Waals surface area contributed by atoms with E-state index >= 15 is 0 Å². The van der Waals surface area contributed by atoms with Crippen molar-refractivity contribution in [3.63, 3.8) is 0 Å². The van der Waals surface area contributed by atoms with Crippen LogP contribution in [0.4, 0.5) is 11.5 Å². The van der Waals surface area contributed by atoms with Crippen LogP contribution in [0.3, 0.4) is 0 Å². The summed E-state index contributed by atoms with van der Waals surface area (Å²) in [7, 11) is 0. The van der Waals surface area contributed by atoms with Gasteiger partial charge in [0.05, 0.1) is 17.6 Å². The first-order valence-corrected chi connectivity index (χ1v) is 9.46. The maximum Gasteiger partial charge on any atom is 0.234 e. The smallest absolute Gasteiger partial charge is 0.234 e. The number of pyridine rings is 1. The normalized spacial score (nSPS) is 14.5. The van der Waals surface area contributed by atoms with E-state index in [2.05, 4.69) is 15.2 Å². The third-order valence-corrected chi connectivity index (χ3v) is 5.16. The first-order valence-electron chi connectivity index (χ1n) is 8.10. The van der Waals surface area contributed by atoms with E-state index in [0.29, 0.717) is 10.8 Å². The predicted octanol–water partition coefficient (Wildman–Crippen LogP) is 4.46. The maximum atomic E-state index is 12.0. The molecule has 0 atom stereocenters. The quantitative estimate of drug-likeness (QED) is 0.799. The lowest BCUT2D eigenvalue weighted by atomic mass is 10.1. The van der Waals surface area contributed by atoms with E-state index in [1.807, 2.05) is 36.4 Å². The predicted molar refractivity (Wildman–Crippen MR) is 101 cm³/mol. The highest BCUT2D eigenvalue weighted by Crippen LogP contribution is 2.21. The van der Waals surface area contributed by atoms with Crippen molar-refractivity contribution in [2.45, 2.75) is 24.2 Å². The Bertz CT molecular complexity index is 670. The summed E-state index contributed by atoms with van der Waals surface area (Å²) in [5.74, 6) is 1.31.